The zero-order valence-electron chi connectivity index (χ0n) is 13.4. The Bertz CT molecular complexity index is 768. The number of rotatable bonds is 5. The number of ether oxygens (including phenoxy) is 3. The van der Waals surface area contributed by atoms with Crippen LogP contribution in [0.15, 0.2) is 66.6 Å². The van der Waals surface area contributed by atoms with Crippen LogP contribution in [-0.2, 0) is 25.6 Å². The Morgan fingerprint density at radius 1 is 1.00 bits per heavy atom. The lowest BCUT2D eigenvalue weighted by atomic mass is 10.1. The highest BCUT2D eigenvalue weighted by molar-refractivity contribution is 6.04. The summed E-state index contributed by atoms with van der Waals surface area (Å²) >= 11 is 0. The average Bonchev–Trinajstić information content (AvgIpc) is 2.68. The minimum absolute atomic E-state index is 0.0603. The first-order chi connectivity index (χ1) is 12.2. The maximum Gasteiger partial charge on any atom is 0.377 e. The van der Waals surface area contributed by atoms with Gasteiger partial charge >= 0.3 is 5.97 Å². The molecule has 0 spiro atoms. The number of nitrogens with one attached hydrogen (secondary N) is 1. The summed E-state index contributed by atoms with van der Waals surface area (Å²) in [4.78, 5) is 24.0. The van der Waals surface area contributed by atoms with E-state index in [9.17, 15) is 9.59 Å². The number of hydrogen-bond acceptors (Lipinski definition) is 5. The van der Waals surface area contributed by atoms with Crippen LogP contribution in [0.2, 0.25) is 0 Å². The maximum absolute atomic E-state index is 12.2. The molecule has 0 bridgehead atoms. The first-order valence-corrected chi connectivity index (χ1v) is 7.79. The zero-order valence-corrected chi connectivity index (χ0v) is 13.4. The molecule has 0 radical (unpaired) electrons. The fourth-order valence-electron chi connectivity index (χ4n) is 2.17. The van der Waals surface area contributed by atoms with Gasteiger partial charge in [0.05, 0.1) is 0 Å². The second-order valence-electron chi connectivity index (χ2n) is 5.29. The fraction of sp³-hybridized carbons (Fsp3) is 0.158. The van der Waals surface area contributed by atoms with Crippen molar-refractivity contribution in [1.82, 2.24) is 0 Å². The first-order valence-electron chi connectivity index (χ1n) is 7.79. The SMILES string of the molecule is O=C(OCc1ccc(C(=O)Nc2ccccc2)cc1)C1=COCCO1. The summed E-state index contributed by atoms with van der Waals surface area (Å²) in [6.07, 6.45) is 1.25. The lowest BCUT2D eigenvalue weighted by Crippen LogP contribution is -2.17. The third-order valence-electron chi connectivity index (χ3n) is 3.47. The minimum Gasteiger partial charge on any atom is -0.493 e. The van der Waals surface area contributed by atoms with E-state index in [4.69, 9.17) is 14.2 Å². The van der Waals surface area contributed by atoms with Crippen LogP contribution >= 0.6 is 0 Å². The topological polar surface area (TPSA) is 73.9 Å². The molecule has 6 heteroatoms. The Labute approximate surface area is 145 Å². The molecule has 0 fully saturated rings. The van der Waals surface area contributed by atoms with Gasteiger partial charge in [-0.25, -0.2) is 4.79 Å². The number of amides is 1. The van der Waals surface area contributed by atoms with Crippen molar-refractivity contribution in [2.75, 3.05) is 18.5 Å². The van der Waals surface area contributed by atoms with Gasteiger partial charge in [-0.1, -0.05) is 30.3 Å². The average molecular weight is 339 g/mol. The lowest BCUT2D eigenvalue weighted by Gasteiger charge is -2.14. The molecule has 0 atom stereocenters. The Hall–Kier alpha value is -3.28. The van der Waals surface area contributed by atoms with Crippen LogP contribution in [0.3, 0.4) is 0 Å². The van der Waals surface area contributed by atoms with Crippen molar-refractivity contribution in [2.45, 2.75) is 6.61 Å². The molecule has 2 aromatic carbocycles. The summed E-state index contributed by atoms with van der Waals surface area (Å²) < 4.78 is 15.3. The number of para-hydroxylation sites is 1. The van der Waals surface area contributed by atoms with E-state index in [0.29, 0.717) is 18.8 Å². The van der Waals surface area contributed by atoms with Gasteiger partial charge in [-0.2, -0.15) is 0 Å². The van der Waals surface area contributed by atoms with Crippen LogP contribution in [0.4, 0.5) is 5.69 Å². The van der Waals surface area contributed by atoms with Crippen molar-refractivity contribution in [2.24, 2.45) is 0 Å². The molecule has 2 aromatic rings. The van der Waals surface area contributed by atoms with Crippen molar-refractivity contribution in [3.8, 4) is 0 Å². The number of hydrogen-bond donors (Lipinski definition) is 1. The molecule has 0 aromatic heterocycles. The van der Waals surface area contributed by atoms with Crippen molar-refractivity contribution in [3.05, 3.63) is 77.7 Å². The van der Waals surface area contributed by atoms with E-state index in [1.807, 2.05) is 30.3 Å². The quantitative estimate of drug-likeness (QED) is 0.848. The lowest BCUT2D eigenvalue weighted by molar-refractivity contribution is -0.145. The van der Waals surface area contributed by atoms with Gasteiger partial charge in [-0.05, 0) is 29.8 Å². The molecule has 1 amide bonds. The molecule has 0 saturated carbocycles. The van der Waals surface area contributed by atoms with Crippen LogP contribution < -0.4 is 5.32 Å². The van der Waals surface area contributed by atoms with Gasteiger partial charge in [0.1, 0.15) is 26.1 Å². The van der Waals surface area contributed by atoms with E-state index >= 15 is 0 Å². The summed E-state index contributed by atoms with van der Waals surface area (Å²) in [5.41, 5.74) is 2.01. The molecule has 6 nitrogen and oxygen atoms in total. The second kappa shape index (κ2) is 8.01. The van der Waals surface area contributed by atoms with E-state index < -0.39 is 5.97 Å². The van der Waals surface area contributed by atoms with E-state index in [-0.39, 0.29) is 18.3 Å². The molecule has 128 valence electrons. The van der Waals surface area contributed by atoms with Gasteiger partial charge in [0, 0.05) is 11.3 Å². The summed E-state index contributed by atoms with van der Waals surface area (Å²) in [5, 5.41) is 2.81. The van der Waals surface area contributed by atoms with Crippen molar-refractivity contribution >= 4 is 17.6 Å². The molecule has 0 unspecified atom stereocenters. The molecule has 0 saturated heterocycles. The fourth-order valence-corrected chi connectivity index (χ4v) is 2.17. The Balaban J connectivity index is 1.54. The molecule has 0 aliphatic carbocycles. The number of esters is 1. The summed E-state index contributed by atoms with van der Waals surface area (Å²) in [6, 6.07) is 16.1. The molecular weight excluding hydrogens is 322 g/mol. The Morgan fingerprint density at radius 3 is 2.44 bits per heavy atom. The van der Waals surface area contributed by atoms with Gasteiger partial charge in [0.25, 0.3) is 5.91 Å². The van der Waals surface area contributed by atoms with Crippen molar-refractivity contribution in [1.29, 1.82) is 0 Å². The van der Waals surface area contributed by atoms with E-state index in [2.05, 4.69) is 5.32 Å². The Morgan fingerprint density at radius 2 is 1.76 bits per heavy atom. The normalized spacial score (nSPS) is 13.0. The predicted octanol–water partition coefficient (Wildman–Crippen LogP) is 2.87. The number of carbonyl (C=O) groups excluding carboxylic acids is 2. The van der Waals surface area contributed by atoms with Gasteiger partial charge in [0.2, 0.25) is 5.76 Å². The monoisotopic (exact) mass is 339 g/mol. The third-order valence-corrected chi connectivity index (χ3v) is 3.47. The molecule has 3 rings (SSSR count). The molecular formula is C19H17NO5. The highest BCUT2D eigenvalue weighted by Crippen LogP contribution is 2.12. The first kappa shape index (κ1) is 16.6. The molecule has 25 heavy (non-hydrogen) atoms. The number of carbonyl (C=O) groups is 2. The highest BCUT2D eigenvalue weighted by atomic mass is 16.6. The standard InChI is InChI=1S/C19H17NO5/c21-18(20-16-4-2-1-3-5-16)15-8-6-14(7-9-15)12-25-19(22)17-13-23-10-11-24-17/h1-9,13H,10-12H2,(H,20,21). The molecule has 1 N–H and O–H groups in total. The molecule has 1 aliphatic heterocycles. The van der Waals surface area contributed by atoms with Crippen molar-refractivity contribution in [3.63, 3.8) is 0 Å². The van der Waals surface area contributed by atoms with Gasteiger partial charge in [0.15, 0.2) is 0 Å². The van der Waals surface area contributed by atoms with E-state index in [0.717, 1.165) is 11.3 Å². The van der Waals surface area contributed by atoms with E-state index in [1.54, 1.807) is 24.3 Å². The minimum atomic E-state index is -0.578. The predicted molar refractivity (Wildman–Crippen MR) is 90.6 cm³/mol. The maximum atomic E-state index is 12.2. The third kappa shape index (κ3) is 4.60. The molecule has 1 aliphatic rings. The van der Waals surface area contributed by atoms with Crippen LogP contribution in [0.1, 0.15) is 15.9 Å². The second-order valence-corrected chi connectivity index (χ2v) is 5.29. The summed E-state index contributed by atoms with van der Waals surface area (Å²) in [5.74, 6) is -0.719. The van der Waals surface area contributed by atoms with Gasteiger partial charge in [-0.3, -0.25) is 4.79 Å². The Kier molecular flexibility index (Phi) is 5.31. The van der Waals surface area contributed by atoms with Crippen LogP contribution in [0, 0.1) is 0 Å². The zero-order chi connectivity index (χ0) is 17.5. The number of benzene rings is 2. The largest absolute Gasteiger partial charge is 0.493 e. The summed E-state index contributed by atoms with van der Waals surface area (Å²) in [6.45, 7) is 0.829. The van der Waals surface area contributed by atoms with Gasteiger partial charge < -0.3 is 19.5 Å². The molecule has 1 heterocycles. The summed E-state index contributed by atoms with van der Waals surface area (Å²) in [7, 11) is 0. The van der Waals surface area contributed by atoms with Gasteiger partial charge in [-0.15, -0.1) is 0 Å². The van der Waals surface area contributed by atoms with E-state index in [1.165, 1.54) is 6.26 Å². The smallest absolute Gasteiger partial charge is 0.377 e. The van der Waals surface area contributed by atoms with Crippen molar-refractivity contribution < 1.29 is 23.8 Å². The number of anilines is 1. The van der Waals surface area contributed by atoms with Crippen LogP contribution in [0.25, 0.3) is 0 Å². The highest BCUT2D eigenvalue weighted by Gasteiger charge is 2.16. The van der Waals surface area contributed by atoms with Crippen LogP contribution in [-0.4, -0.2) is 25.1 Å². The van der Waals surface area contributed by atoms with Crippen LogP contribution in [0.5, 0.6) is 0 Å².